The SMILES string of the molecule is O=C(COc1ccc(Cl)cc1)N1CCN(C(=O)c2cn[nH]c2-c2ccc(Cl)cc2)CC1. The van der Waals surface area contributed by atoms with Gasteiger partial charge >= 0.3 is 0 Å². The largest absolute Gasteiger partial charge is 0.484 e. The molecule has 160 valence electrons. The summed E-state index contributed by atoms with van der Waals surface area (Å²) in [4.78, 5) is 28.9. The molecule has 31 heavy (non-hydrogen) atoms. The second-order valence-electron chi connectivity index (χ2n) is 7.08. The van der Waals surface area contributed by atoms with Crippen LogP contribution < -0.4 is 4.74 Å². The van der Waals surface area contributed by atoms with Gasteiger partial charge in [-0.2, -0.15) is 5.10 Å². The minimum Gasteiger partial charge on any atom is -0.484 e. The standard InChI is InChI=1S/C22H20Cl2N4O3/c23-16-3-1-15(2-4-16)21-19(13-25-26-21)22(30)28-11-9-27(10-12-28)20(29)14-31-18-7-5-17(24)6-8-18/h1-8,13H,9-12,14H2,(H,25,26). The Morgan fingerprint density at radius 1 is 0.903 bits per heavy atom. The molecule has 0 radical (unpaired) electrons. The van der Waals surface area contributed by atoms with E-state index in [0.717, 1.165) is 5.56 Å². The fourth-order valence-corrected chi connectivity index (χ4v) is 3.63. The molecule has 0 spiro atoms. The van der Waals surface area contributed by atoms with Crippen molar-refractivity contribution in [3.63, 3.8) is 0 Å². The molecule has 1 aliphatic rings. The van der Waals surface area contributed by atoms with Gasteiger partial charge in [0, 0.05) is 41.8 Å². The molecule has 9 heteroatoms. The number of nitrogens with one attached hydrogen (secondary N) is 1. The molecule has 0 aliphatic carbocycles. The summed E-state index contributed by atoms with van der Waals surface area (Å²) in [7, 11) is 0. The van der Waals surface area contributed by atoms with Crippen LogP contribution in [-0.4, -0.2) is 64.6 Å². The highest BCUT2D eigenvalue weighted by molar-refractivity contribution is 6.30. The molecule has 2 aromatic carbocycles. The summed E-state index contributed by atoms with van der Waals surface area (Å²) in [5, 5.41) is 8.17. The van der Waals surface area contributed by atoms with Crippen LogP contribution in [0, 0.1) is 0 Å². The lowest BCUT2D eigenvalue weighted by atomic mass is 10.1. The topological polar surface area (TPSA) is 78.5 Å². The first-order valence-corrected chi connectivity index (χ1v) is 10.5. The average molecular weight is 459 g/mol. The van der Waals surface area contributed by atoms with Gasteiger partial charge in [0.25, 0.3) is 11.8 Å². The Morgan fingerprint density at radius 3 is 2.13 bits per heavy atom. The van der Waals surface area contributed by atoms with Gasteiger partial charge in [-0.1, -0.05) is 35.3 Å². The highest BCUT2D eigenvalue weighted by Crippen LogP contribution is 2.24. The van der Waals surface area contributed by atoms with Crippen molar-refractivity contribution in [2.45, 2.75) is 0 Å². The predicted molar refractivity (Wildman–Crippen MR) is 118 cm³/mol. The maximum atomic E-state index is 13.0. The van der Waals surface area contributed by atoms with E-state index in [2.05, 4.69) is 10.2 Å². The number of hydrogen-bond acceptors (Lipinski definition) is 4. The van der Waals surface area contributed by atoms with Gasteiger partial charge in [0.1, 0.15) is 5.75 Å². The normalized spacial score (nSPS) is 13.9. The smallest absolute Gasteiger partial charge is 0.260 e. The number of piperazine rings is 1. The van der Waals surface area contributed by atoms with Crippen LogP contribution in [0.5, 0.6) is 5.75 Å². The van der Waals surface area contributed by atoms with Gasteiger partial charge in [0.05, 0.1) is 17.5 Å². The Morgan fingerprint density at radius 2 is 1.48 bits per heavy atom. The molecule has 4 rings (SSSR count). The van der Waals surface area contributed by atoms with Crippen LogP contribution in [0.4, 0.5) is 0 Å². The van der Waals surface area contributed by atoms with Crippen molar-refractivity contribution in [3.05, 3.63) is 70.3 Å². The quantitative estimate of drug-likeness (QED) is 0.631. The molecule has 1 fully saturated rings. The van der Waals surface area contributed by atoms with Crippen LogP contribution in [0.2, 0.25) is 10.0 Å². The van der Waals surface area contributed by atoms with E-state index in [1.54, 1.807) is 46.2 Å². The molecule has 2 heterocycles. The Balaban J connectivity index is 1.33. The maximum absolute atomic E-state index is 13.0. The summed E-state index contributed by atoms with van der Waals surface area (Å²) < 4.78 is 5.53. The first kappa shape index (κ1) is 21.2. The third-order valence-electron chi connectivity index (χ3n) is 5.10. The van der Waals surface area contributed by atoms with Crippen LogP contribution in [-0.2, 0) is 4.79 Å². The van der Waals surface area contributed by atoms with Gasteiger partial charge < -0.3 is 14.5 Å². The van der Waals surface area contributed by atoms with Gasteiger partial charge in [-0.15, -0.1) is 0 Å². The number of carbonyl (C=O) groups excluding carboxylic acids is 2. The van der Waals surface area contributed by atoms with E-state index in [4.69, 9.17) is 27.9 Å². The number of hydrogen-bond donors (Lipinski definition) is 1. The first-order valence-electron chi connectivity index (χ1n) is 9.76. The van der Waals surface area contributed by atoms with Crippen molar-refractivity contribution in [3.8, 4) is 17.0 Å². The third kappa shape index (κ3) is 5.00. The molecular weight excluding hydrogens is 439 g/mol. The zero-order valence-corrected chi connectivity index (χ0v) is 18.1. The highest BCUT2D eigenvalue weighted by Gasteiger charge is 2.27. The van der Waals surface area contributed by atoms with E-state index in [-0.39, 0.29) is 18.4 Å². The molecule has 0 bridgehead atoms. The Bertz CT molecular complexity index is 1060. The molecule has 0 unspecified atom stereocenters. The molecule has 1 saturated heterocycles. The van der Waals surface area contributed by atoms with Crippen molar-refractivity contribution >= 4 is 35.0 Å². The molecule has 1 aromatic heterocycles. The van der Waals surface area contributed by atoms with E-state index >= 15 is 0 Å². The summed E-state index contributed by atoms with van der Waals surface area (Å²) in [6.07, 6.45) is 1.53. The third-order valence-corrected chi connectivity index (χ3v) is 5.60. The van der Waals surface area contributed by atoms with Crippen molar-refractivity contribution in [1.29, 1.82) is 0 Å². The Kier molecular flexibility index (Phi) is 6.44. The number of ether oxygens (including phenoxy) is 1. The van der Waals surface area contributed by atoms with Crippen molar-refractivity contribution < 1.29 is 14.3 Å². The lowest BCUT2D eigenvalue weighted by molar-refractivity contribution is -0.134. The molecule has 0 saturated carbocycles. The minimum atomic E-state index is -0.122. The van der Waals surface area contributed by atoms with Crippen LogP contribution in [0.15, 0.2) is 54.7 Å². The van der Waals surface area contributed by atoms with Gasteiger partial charge in [-0.25, -0.2) is 0 Å². The summed E-state index contributed by atoms with van der Waals surface area (Å²) in [6.45, 7) is 1.72. The number of carbonyl (C=O) groups is 2. The number of rotatable bonds is 5. The number of nitrogens with zero attached hydrogens (tertiary/aromatic N) is 3. The summed E-state index contributed by atoms with van der Waals surface area (Å²) >= 11 is 11.8. The second kappa shape index (κ2) is 9.41. The van der Waals surface area contributed by atoms with Crippen LogP contribution in [0.25, 0.3) is 11.3 Å². The fourth-order valence-electron chi connectivity index (χ4n) is 3.38. The van der Waals surface area contributed by atoms with Gasteiger partial charge in [-0.3, -0.25) is 14.7 Å². The van der Waals surface area contributed by atoms with Crippen molar-refractivity contribution in [2.75, 3.05) is 32.8 Å². The molecular formula is C22H20Cl2N4O3. The minimum absolute atomic E-state index is 0.0575. The molecule has 1 N–H and O–H groups in total. The Labute approximate surface area is 189 Å². The van der Waals surface area contributed by atoms with Crippen LogP contribution in [0.1, 0.15) is 10.4 Å². The summed E-state index contributed by atoms with van der Waals surface area (Å²) in [5.74, 6) is 0.344. The monoisotopic (exact) mass is 458 g/mol. The zero-order valence-electron chi connectivity index (χ0n) is 16.6. The zero-order chi connectivity index (χ0) is 21.8. The lowest BCUT2D eigenvalue weighted by Gasteiger charge is -2.34. The van der Waals surface area contributed by atoms with E-state index in [0.29, 0.717) is 53.2 Å². The van der Waals surface area contributed by atoms with Gasteiger partial charge in [-0.05, 0) is 36.4 Å². The average Bonchev–Trinajstić information content (AvgIpc) is 3.28. The number of benzene rings is 2. The lowest BCUT2D eigenvalue weighted by Crippen LogP contribution is -2.51. The molecule has 0 atom stereocenters. The number of aromatic nitrogens is 2. The van der Waals surface area contributed by atoms with Crippen LogP contribution >= 0.6 is 23.2 Å². The van der Waals surface area contributed by atoms with E-state index in [1.807, 2.05) is 12.1 Å². The maximum Gasteiger partial charge on any atom is 0.260 e. The number of aromatic amines is 1. The number of halogens is 2. The molecule has 1 aliphatic heterocycles. The Hall–Kier alpha value is -3.03. The predicted octanol–water partition coefficient (Wildman–Crippen LogP) is 3.75. The van der Waals surface area contributed by atoms with Gasteiger partial charge in [0.15, 0.2) is 6.61 Å². The highest BCUT2D eigenvalue weighted by atomic mass is 35.5. The van der Waals surface area contributed by atoms with Crippen molar-refractivity contribution in [2.24, 2.45) is 0 Å². The molecule has 3 aromatic rings. The van der Waals surface area contributed by atoms with E-state index in [1.165, 1.54) is 6.20 Å². The number of amides is 2. The van der Waals surface area contributed by atoms with E-state index < -0.39 is 0 Å². The fraction of sp³-hybridized carbons (Fsp3) is 0.227. The molecule has 7 nitrogen and oxygen atoms in total. The van der Waals surface area contributed by atoms with Crippen LogP contribution in [0.3, 0.4) is 0 Å². The second-order valence-corrected chi connectivity index (χ2v) is 7.95. The number of H-pyrrole nitrogens is 1. The van der Waals surface area contributed by atoms with Crippen molar-refractivity contribution in [1.82, 2.24) is 20.0 Å². The summed E-state index contributed by atoms with van der Waals surface area (Å²) in [6, 6.07) is 14.1. The molecule has 2 amide bonds. The van der Waals surface area contributed by atoms with Gasteiger partial charge in [0.2, 0.25) is 0 Å². The first-order chi connectivity index (χ1) is 15.0. The summed E-state index contributed by atoms with van der Waals surface area (Å²) in [5.41, 5.74) is 1.98. The van der Waals surface area contributed by atoms with E-state index in [9.17, 15) is 9.59 Å².